The van der Waals surface area contributed by atoms with Crippen LogP contribution in [0.2, 0.25) is 0 Å². The minimum Gasteiger partial charge on any atom is -0.372 e. The lowest BCUT2D eigenvalue weighted by atomic mass is 9.92. The summed E-state index contributed by atoms with van der Waals surface area (Å²) >= 11 is 5.93. The van der Waals surface area contributed by atoms with Gasteiger partial charge in [-0.2, -0.15) is 21.6 Å². The highest BCUT2D eigenvalue weighted by atomic mass is 32.2. The fraction of sp³-hybridized carbons (Fsp3) is 0.476. The lowest BCUT2D eigenvalue weighted by Crippen LogP contribution is -2.45. The minimum atomic E-state index is -5.86. The largest absolute Gasteiger partial charge is 0.516 e. The Labute approximate surface area is 205 Å². The summed E-state index contributed by atoms with van der Waals surface area (Å²) in [7, 11) is -5.86. The number of benzene rings is 1. The zero-order valence-corrected chi connectivity index (χ0v) is 20.7. The van der Waals surface area contributed by atoms with Crippen molar-refractivity contribution in [3.05, 3.63) is 34.7 Å². The van der Waals surface area contributed by atoms with Gasteiger partial charge >= 0.3 is 15.5 Å². The van der Waals surface area contributed by atoms with E-state index >= 15 is 0 Å². The van der Waals surface area contributed by atoms with Gasteiger partial charge in [0, 0.05) is 18.8 Å². The molecule has 0 aliphatic carbocycles. The molecule has 2 heterocycles. The number of nitrogens with one attached hydrogen (secondary N) is 1. The number of hydrogen-bond acceptors (Lipinski definition) is 7. The molecule has 1 aromatic carbocycles. The van der Waals surface area contributed by atoms with Crippen LogP contribution < -0.4 is 9.62 Å². The molecule has 3 rings (SSSR count). The summed E-state index contributed by atoms with van der Waals surface area (Å²) < 4.78 is 60.3. The van der Waals surface area contributed by atoms with Gasteiger partial charge < -0.3 is 4.90 Å². The van der Waals surface area contributed by atoms with Gasteiger partial charge in [0.1, 0.15) is 10.9 Å². The molecule has 1 aromatic rings. The van der Waals surface area contributed by atoms with Crippen molar-refractivity contribution in [1.29, 1.82) is 0 Å². The number of halogens is 3. The Morgan fingerprint density at radius 1 is 1.24 bits per heavy atom. The third-order valence-corrected chi connectivity index (χ3v) is 8.08. The molecule has 2 amide bonds. The maximum Gasteiger partial charge on any atom is 0.516 e. The van der Waals surface area contributed by atoms with Crippen molar-refractivity contribution in [2.45, 2.75) is 38.1 Å². The van der Waals surface area contributed by atoms with E-state index in [-0.39, 0.29) is 9.23 Å². The molecule has 0 bridgehead atoms. The van der Waals surface area contributed by atoms with Gasteiger partial charge in [0.25, 0.3) is 11.8 Å². The Kier molecular flexibility index (Phi) is 8.30. The number of rotatable bonds is 7. The number of sulfonamides is 1. The Morgan fingerprint density at radius 2 is 1.85 bits per heavy atom. The Bertz CT molecular complexity index is 1080. The zero-order valence-electron chi connectivity index (χ0n) is 18.3. The van der Waals surface area contributed by atoms with E-state index in [1.54, 1.807) is 6.08 Å². The molecular weight excluding hydrogens is 511 g/mol. The maximum atomic E-state index is 12.6. The second-order valence-corrected chi connectivity index (χ2v) is 11.4. The number of thiocarbonyl (C=S) groups is 1. The number of piperidine rings is 1. The van der Waals surface area contributed by atoms with Crippen LogP contribution >= 0.6 is 24.0 Å². The standard InChI is InChI=1S/C21H24F3N3O4S3/c1-2-3-14-8-10-26(11-9-14)16-6-4-15(5-7-16)12-17-19(29)27(20(32)33-17)13-18(28)25-34(30,31)21(22,23)24/h4-7,12,14H,2-3,8-11,13H2,1H3,(H,25,28)/b17-12-. The van der Waals surface area contributed by atoms with E-state index < -0.39 is 33.9 Å². The van der Waals surface area contributed by atoms with Crippen molar-refractivity contribution in [2.75, 3.05) is 24.5 Å². The van der Waals surface area contributed by atoms with Gasteiger partial charge in [-0.15, -0.1) is 0 Å². The normalized spacial score (nSPS) is 19.2. The third-order valence-electron chi connectivity index (χ3n) is 5.60. The first-order chi connectivity index (χ1) is 15.9. The summed E-state index contributed by atoms with van der Waals surface area (Å²) in [5, 5.41) is 0. The molecule has 2 aliphatic heterocycles. The van der Waals surface area contributed by atoms with Crippen molar-refractivity contribution < 1.29 is 31.2 Å². The summed E-state index contributed by atoms with van der Waals surface area (Å²) in [5.41, 5.74) is -3.84. The van der Waals surface area contributed by atoms with E-state index in [0.717, 1.165) is 58.9 Å². The molecule has 2 aliphatic rings. The molecule has 2 fully saturated rings. The van der Waals surface area contributed by atoms with Gasteiger partial charge in [0.05, 0.1) is 4.91 Å². The number of amides is 2. The maximum absolute atomic E-state index is 12.6. The lowest BCUT2D eigenvalue weighted by Gasteiger charge is -2.33. The molecular formula is C21H24F3N3O4S3. The molecule has 0 spiro atoms. The molecule has 2 saturated heterocycles. The Morgan fingerprint density at radius 3 is 2.41 bits per heavy atom. The molecule has 0 saturated carbocycles. The van der Waals surface area contributed by atoms with E-state index in [2.05, 4.69) is 11.8 Å². The molecule has 1 N–H and O–H groups in total. The van der Waals surface area contributed by atoms with Crippen molar-refractivity contribution in [2.24, 2.45) is 5.92 Å². The first-order valence-corrected chi connectivity index (χ1v) is 13.3. The fourth-order valence-corrected chi connectivity index (χ4v) is 5.58. The van der Waals surface area contributed by atoms with Crippen molar-refractivity contribution >= 4 is 61.9 Å². The van der Waals surface area contributed by atoms with Crippen LogP contribution in [0.3, 0.4) is 0 Å². The second kappa shape index (κ2) is 10.6. The number of alkyl halides is 3. The fourth-order valence-electron chi connectivity index (χ4n) is 3.84. The van der Waals surface area contributed by atoms with Crippen LogP contribution in [0.25, 0.3) is 6.08 Å². The molecule has 0 radical (unpaired) electrons. The van der Waals surface area contributed by atoms with Crippen LogP contribution in [-0.4, -0.2) is 54.6 Å². The number of carbonyl (C=O) groups is 2. The molecule has 0 atom stereocenters. The highest BCUT2D eigenvalue weighted by Gasteiger charge is 2.47. The van der Waals surface area contributed by atoms with Gasteiger partial charge in [0.2, 0.25) is 0 Å². The predicted molar refractivity (Wildman–Crippen MR) is 129 cm³/mol. The minimum absolute atomic E-state index is 0.0534. The summed E-state index contributed by atoms with van der Waals surface area (Å²) in [6.45, 7) is 3.25. The van der Waals surface area contributed by atoms with Crippen LogP contribution in [0, 0.1) is 5.92 Å². The average Bonchev–Trinajstić information content (AvgIpc) is 3.01. The number of carbonyl (C=O) groups excluding carboxylic acids is 2. The third kappa shape index (κ3) is 6.30. The first-order valence-electron chi connectivity index (χ1n) is 10.6. The van der Waals surface area contributed by atoms with Crippen molar-refractivity contribution in [3.63, 3.8) is 0 Å². The van der Waals surface area contributed by atoms with Crippen LogP contribution in [0.4, 0.5) is 18.9 Å². The number of nitrogens with zero attached hydrogens (tertiary/aromatic N) is 2. The molecule has 0 unspecified atom stereocenters. The summed E-state index contributed by atoms with van der Waals surface area (Å²) in [5.74, 6) is -1.42. The number of hydrogen-bond donors (Lipinski definition) is 1. The summed E-state index contributed by atoms with van der Waals surface area (Å²) in [6, 6.07) is 7.62. The van der Waals surface area contributed by atoms with Gasteiger partial charge in [-0.05, 0) is 42.5 Å². The molecule has 13 heteroatoms. The van der Waals surface area contributed by atoms with Crippen LogP contribution in [0.15, 0.2) is 29.2 Å². The second-order valence-electron chi connectivity index (χ2n) is 8.05. The van der Waals surface area contributed by atoms with Crippen LogP contribution in [0.1, 0.15) is 38.2 Å². The zero-order chi connectivity index (χ0) is 25.1. The molecule has 34 heavy (non-hydrogen) atoms. The monoisotopic (exact) mass is 535 g/mol. The highest BCUT2D eigenvalue weighted by Crippen LogP contribution is 2.33. The first kappa shape index (κ1) is 26.5. The average molecular weight is 536 g/mol. The van der Waals surface area contributed by atoms with Crippen molar-refractivity contribution in [1.82, 2.24) is 9.62 Å². The van der Waals surface area contributed by atoms with E-state index in [1.165, 1.54) is 12.8 Å². The summed E-state index contributed by atoms with van der Waals surface area (Å²) in [4.78, 5) is 27.7. The van der Waals surface area contributed by atoms with Crippen LogP contribution in [-0.2, 0) is 19.6 Å². The number of anilines is 1. The van der Waals surface area contributed by atoms with Gasteiger partial charge in [-0.1, -0.05) is 55.9 Å². The van der Waals surface area contributed by atoms with E-state index in [1.807, 2.05) is 24.3 Å². The van der Waals surface area contributed by atoms with E-state index in [0.29, 0.717) is 5.56 Å². The Balaban J connectivity index is 1.62. The molecule has 186 valence electrons. The topological polar surface area (TPSA) is 86.8 Å². The number of thioether (sulfide) groups is 1. The van der Waals surface area contributed by atoms with Crippen molar-refractivity contribution in [3.8, 4) is 0 Å². The highest BCUT2D eigenvalue weighted by molar-refractivity contribution is 8.26. The predicted octanol–water partition coefficient (Wildman–Crippen LogP) is 3.87. The van der Waals surface area contributed by atoms with Crippen LogP contribution in [0.5, 0.6) is 0 Å². The van der Waals surface area contributed by atoms with Gasteiger partial charge in [-0.25, -0.2) is 4.72 Å². The Hall–Kier alpha value is -2.12. The smallest absolute Gasteiger partial charge is 0.372 e. The van der Waals surface area contributed by atoms with E-state index in [4.69, 9.17) is 12.2 Å². The SMILES string of the molecule is CCCC1CCN(c2ccc(/C=C3\SC(=S)N(CC(=O)NS(=O)(=O)C(F)(F)F)C3=O)cc2)CC1. The lowest BCUT2D eigenvalue weighted by molar-refractivity contribution is -0.128. The van der Waals surface area contributed by atoms with Gasteiger partial charge in [0.15, 0.2) is 0 Å². The summed E-state index contributed by atoms with van der Waals surface area (Å²) in [6.07, 6.45) is 6.35. The van der Waals surface area contributed by atoms with Gasteiger partial charge in [-0.3, -0.25) is 14.5 Å². The quantitative estimate of drug-likeness (QED) is 0.419. The molecule has 0 aromatic heterocycles. The molecule has 7 nitrogen and oxygen atoms in total. The van der Waals surface area contributed by atoms with E-state index in [9.17, 15) is 31.2 Å².